The van der Waals surface area contributed by atoms with Gasteiger partial charge in [0, 0.05) is 54.7 Å². The highest BCUT2D eigenvalue weighted by molar-refractivity contribution is 6.27. The summed E-state index contributed by atoms with van der Waals surface area (Å²) < 4.78 is 14.5. The first-order valence-corrected chi connectivity index (χ1v) is 25.9. The monoisotopic (exact) mass is 970 g/mol. The van der Waals surface area contributed by atoms with E-state index in [0.29, 0.717) is 0 Å². The topological polar surface area (TPSA) is 32.8 Å². The zero-order chi connectivity index (χ0) is 50.1. The molecule has 0 radical (unpaired) electrons. The lowest BCUT2D eigenvalue weighted by Crippen LogP contribution is -2.13. The third-order valence-corrected chi connectivity index (χ3v) is 15.2. The van der Waals surface area contributed by atoms with Crippen LogP contribution in [0.15, 0.2) is 288 Å². The van der Waals surface area contributed by atoms with Crippen molar-refractivity contribution in [3.63, 3.8) is 0 Å². The highest BCUT2D eigenvalue weighted by atomic mass is 16.3. The highest BCUT2D eigenvalue weighted by Crippen LogP contribution is 2.52. The number of hydrogen-bond acceptors (Lipinski definition) is 4. The molecular formula is C72H46N2O2. The van der Waals surface area contributed by atoms with Gasteiger partial charge in [-0.15, -0.1) is 0 Å². The molecule has 0 aliphatic heterocycles. The maximum atomic E-state index is 7.28. The average molecular weight is 971 g/mol. The van der Waals surface area contributed by atoms with Gasteiger partial charge in [-0.1, -0.05) is 237 Å². The Labute approximate surface area is 439 Å². The molecule has 0 spiro atoms. The zero-order valence-corrected chi connectivity index (χ0v) is 41.3. The Balaban J connectivity index is 1.03. The molecule has 0 saturated heterocycles. The molecule has 0 fully saturated rings. The van der Waals surface area contributed by atoms with Gasteiger partial charge in [-0.3, -0.25) is 0 Å². The second-order valence-electron chi connectivity index (χ2n) is 19.5. The maximum Gasteiger partial charge on any atom is 0.159 e. The lowest BCUT2D eigenvalue weighted by molar-refractivity contribution is 0.670. The van der Waals surface area contributed by atoms with Crippen LogP contribution in [0.25, 0.3) is 110 Å². The van der Waals surface area contributed by atoms with Crippen LogP contribution in [0.1, 0.15) is 0 Å². The lowest BCUT2D eigenvalue weighted by atomic mass is 9.92. The van der Waals surface area contributed by atoms with Crippen molar-refractivity contribution in [1.29, 1.82) is 0 Å². The SMILES string of the molecule is c1ccc(-c2ccccc2N(c2cc3cc(N(c4ccccc4)c4cccc5c4oc4c(-c6ccccc6)cccc45)c4ccccc4c3c3ccccc23)c2cccc3c2oc2c(-c4ccccc4)cccc23)cc1. The Hall–Kier alpha value is -10.2. The molecule has 76 heavy (non-hydrogen) atoms. The average Bonchev–Trinajstić information content (AvgIpc) is 4.09. The standard InChI is InChI=1S/C72H46N2O2/c1-5-23-47(24-6-1)52-31-17-18-42-63(52)74(65-44-22-41-62-60-39-20-37-54(70(60)76-72(62)65)49-27-9-3-10-28-49)67-46-50-45-66(55-32-13-15-34-57(55)68(50)58-35-16-14-33-56(58)67)73(51-29-11-4-12-30-51)64-43-21-40-61-59-38-19-36-53(69(59)75-71(61)64)48-25-7-2-8-26-48/h1-46H. The van der Waals surface area contributed by atoms with E-state index in [1.165, 1.54) is 5.39 Å². The van der Waals surface area contributed by atoms with Crippen molar-refractivity contribution in [2.24, 2.45) is 0 Å². The molecular weight excluding hydrogens is 925 g/mol. The van der Waals surface area contributed by atoms with Crippen molar-refractivity contribution in [3.05, 3.63) is 279 Å². The molecule has 2 heterocycles. The minimum atomic E-state index is 0.816. The molecule has 15 rings (SSSR count). The number of para-hydroxylation sites is 6. The van der Waals surface area contributed by atoms with E-state index in [0.717, 1.165) is 138 Å². The number of benzene rings is 13. The van der Waals surface area contributed by atoms with E-state index in [4.69, 9.17) is 8.83 Å². The van der Waals surface area contributed by atoms with Gasteiger partial charge in [0.25, 0.3) is 0 Å². The van der Waals surface area contributed by atoms with Crippen LogP contribution in [-0.2, 0) is 0 Å². The number of nitrogens with zero attached hydrogens (tertiary/aromatic N) is 2. The summed E-state index contributed by atoms with van der Waals surface area (Å²) in [5, 5.41) is 11.1. The zero-order valence-electron chi connectivity index (χ0n) is 41.3. The van der Waals surface area contributed by atoms with Gasteiger partial charge in [0.1, 0.15) is 11.2 Å². The van der Waals surface area contributed by atoms with E-state index < -0.39 is 0 Å². The first-order valence-electron chi connectivity index (χ1n) is 25.9. The summed E-state index contributed by atoms with van der Waals surface area (Å²) in [6.45, 7) is 0. The number of rotatable bonds is 9. The van der Waals surface area contributed by atoms with Crippen molar-refractivity contribution in [3.8, 4) is 33.4 Å². The van der Waals surface area contributed by atoms with Gasteiger partial charge in [-0.2, -0.15) is 0 Å². The molecule has 0 atom stereocenters. The van der Waals surface area contributed by atoms with Crippen molar-refractivity contribution < 1.29 is 8.83 Å². The smallest absolute Gasteiger partial charge is 0.159 e. The van der Waals surface area contributed by atoms with Gasteiger partial charge in [0.2, 0.25) is 0 Å². The van der Waals surface area contributed by atoms with Crippen LogP contribution in [0.4, 0.5) is 34.1 Å². The van der Waals surface area contributed by atoms with Crippen LogP contribution in [0, 0.1) is 0 Å². The van der Waals surface area contributed by atoms with Gasteiger partial charge in [-0.05, 0) is 80.7 Å². The van der Waals surface area contributed by atoms with Crippen molar-refractivity contribution in [2.45, 2.75) is 0 Å². The predicted molar refractivity (Wildman–Crippen MR) is 319 cm³/mol. The Morgan fingerprint density at radius 3 is 1.08 bits per heavy atom. The summed E-state index contributed by atoms with van der Waals surface area (Å²) in [4.78, 5) is 4.84. The van der Waals surface area contributed by atoms with Crippen molar-refractivity contribution >= 4 is 110 Å². The normalized spacial score (nSPS) is 11.7. The second-order valence-corrected chi connectivity index (χ2v) is 19.5. The summed E-state index contributed by atoms with van der Waals surface area (Å²) in [6.07, 6.45) is 0. The largest absolute Gasteiger partial charge is 0.453 e. The van der Waals surface area contributed by atoms with Gasteiger partial charge in [0.15, 0.2) is 11.2 Å². The predicted octanol–water partition coefficient (Wildman–Crippen LogP) is 20.9. The molecule has 2 aromatic heterocycles. The quantitative estimate of drug-likeness (QED) is 0.135. The van der Waals surface area contributed by atoms with E-state index in [9.17, 15) is 0 Å². The summed E-state index contributed by atoms with van der Waals surface area (Å²) in [7, 11) is 0. The third kappa shape index (κ3) is 6.92. The molecule has 13 aromatic carbocycles. The minimum absolute atomic E-state index is 0.816. The van der Waals surface area contributed by atoms with Crippen molar-refractivity contribution in [1.82, 2.24) is 0 Å². The van der Waals surface area contributed by atoms with Crippen LogP contribution in [0.3, 0.4) is 0 Å². The Kier molecular flexibility index (Phi) is 10.2. The summed E-state index contributed by atoms with van der Waals surface area (Å²) in [6, 6.07) is 99.9. The van der Waals surface area contributed by atoms with Crippen LogP contribution in [0.5, 0.6) is 0 Å². The summed E-state index contributed by atoms with van der Waals surface area (Å²) in [5.41, 5.74) is 16.0. The Morgan fingerprint density at radius 1 is 0.224 bits per heavy atom. The molecule has 356 valence electrons. The number of anilines is 6. The van der Waals surface area contributed by atoms with E-state index in [1.54, 1.807) is 0 Å². The van der Waals surface area contributed by atoms with Crippen LogP contribution < -0.4 is 9.80 Å². The van der Waals surface area contributed by atoms with Crippen LogP contribution >= 0.6 is 0 Å². The number of furan rings is 2. The summed E-state index contributed by atoms with van der Waals surface area (Å²) >= 11 is 0. The summed E-state index contributed by atoms with van der Waals surface area (Å²) in [5.74, 6) is 0. The van der Waals surface area contributed by atoms with Gasteiger partial charge >= 0.3 is 0 Å². The second kappa shape index (κ2) is 17.8. The molecule has 0 bridgehead atoms. The number of fused-ring (bicyclic) bond motifs is 11. The van der Waals surface area contributed by atoms with Gasteiger partial charge < -0.3 is 18.6 Å². The molecule has 0 amide bonds. The lowest BCUT2D eigenvalue weighted by Gasteiger charge is -2.30. The highest BCUT2D eigenvalue weighted by Gasteiger charge is 2.28. The number of hydrogen-bond donors (Lipinski definition) is 0. The first kappa shape index (κ1) is 43.4. The van der Waals surface area contributed by atoms with Crippen LogP contribution in [-0.4, -0.2) is 0 Å². The maximum absolute atomic E-state index is 7.28. The molecule has 0 saturated carbocycles. The van der Waals surface area contributed by atoms with E-state index in [1.807, 2.05) is 0 Å². The molecule has 0 aliphatic rings. The van der Waals surface area contributed by atoms with Crippen LogP contribution in [0.2, 0.25) is 0 Å². The van der Waals surface area contributed by atoms with E-state index in [-0.39, 0.29) is 0 Å². The first-order chi connectivity index (χ1) is 37.7. The Morgan fingerprint density at radius 2 is 0.566 bits per heavy atom. The Bertz CT molecular complexity index is 4700. The van der Waals surface area contributed by atoms with Gasteiger partial charge in [-0.25, -0.2) is 0 Å². The van der Waals surface area contributed by atoms with Gasteiger partial charge in [0.05, 0.1) is 28.4 Å². The minimum Gasteiger partial charge on any atom is -0.453 e. The third-order valence-electron chi connectivity index (χ3n) is 15.2. The fraction of sp³-hybridized carbons (Fsp3) is 0. The molecule has 4 heteroatoms. The molecule has 0 unspecified atom stereocenters. The van der Waals surface area contributed by atoms with E-state index >= 15 is 0 Å². The molecule has 15 aromatic rings. The fourth-order valence-electron chi connectivity index (χ4n) is 11.9. The molecule has 0 N–H and O–H groups in total. The van der Waals surface area contributed by atoms with E-state index in [2.05, 4.69) is 289 Å². The fourth-order valence-corrected chi connectivity index (χ4v) is 11.9. The molecule has 0 aliphatic carbocycles. The van der Waals surface area contributed by atoms with Crippen molar-refractivity contribution in [2.75, 3.05) is 9.80 Å². The molecule has 4 nitrogen and oxygen atoms in total.